The Balaban J connectivity index is 1.58. The van der Waals surface area contributed by atoms with Crippen LogP contribution in [0.15, 0.2) is 34.9 Å². The zero-order valence-electron chi connectivity index (χ0n) is 13.3. The highest BCUT2D eigenvalue weighted by molar-refractivity contribution is 7.11. The lowest BCUT2D eigenvalue weighted by Crippen LogP contribution is -2.09. The lowest BCUT2D eigenvalue weighted by Gasteiger charge is -2.07. The van der Waals surface area contributed by atoms with E-state index in [-0.39, 0.29) is 5.91 Å². The molecular formula is C18H17N3O2S. The topological polar surface area (TPSA) is 68.0 Å². The van der Waals surface area contributed by atoms with Crippen molar-refractivity contribution in [2.24, 2.45) is 0 Å². The van der Waals surface area contributed by atoms with Crippen LogP contribution >= 0.6 is 11.3 Å². The number of nitrogens with one attached hydrogen (secondary N) is 1. The molecule has 1 aliphatic rings. The van der Waals surface area contributed by atoms with Crippen LogP contribution in [0, 0.1) is 6.92 Å². The number of carbonyl (C=O) groups is 1. The van der Waals surface area contributed by atoms with Gasteiger partial charge in [0.2, 0.25) is 5.91 Å². The smallest absolute Gasteiger partial charge is 0.257 e. The first-order valence-electron chi connectivity index (χ1n) is 7.98. The van der Waals surface area contributed by atoms with Crippen LogP contribution in [0.3, 0.4) is 0 Å². The summed E-state index contributed by atoms with van der Waals surface area (Å²) >= 11 is 1.75. The molecule has 3 heterocycles. The van der Waals surface area contributed by atoms with Crippen LogP contribution in [-0.4, -0.2) is 16.0 Å². The van der Waals surface area contributed by atoms with Gasteiger partial charge < -0.3 is 9.84 Å². The van der Waals surface area contributed by atoms with E-state index in [0.29, 0.717) is 24.6 Å². The lowest BCUT2D eigenvalue weighted by atomic mass is 10.0. The summed E-state index contributed by atoms with van der Waals surface area (Å²) in [6.07, 6.45) is 2.98. The zero-order valence-corrected chi connectivity index (χ0v) is 14.2. The standard InChI is InChI=1S/C18H17N3O2S/c1-11-5-7-14(24-11)10-16-20-18(23-21-16)13-6-8-15-12(9-13)3-2-4-17(22)19-15/h5-9H,2-4,10H2,1H3,(H,19,22). The van der Waals surface area contributed by atoms with Gasteiger partial charge in [-0.05, 0) is 55.7 Å². The number of thiophene rings is 1. The van der Waals surface area contributed by atoms with E-state index in [1.165, 1.54) is 9.75 Å². The lowest BCUT2D eigenvalue weighted by molar-refractivity contribution is -0.116. The molecule has 122 valence electrons. The van der Waals surface area contributed by atoms with Gasteiger partial charge in [0.25, 0.3) is 5.89 Å². The number of aryl methyl sites for hydroxylation is 2. The molecule has 3 aromatic rings. The third-order valence-corrected chi connectivity index (χ3v) is 5.07. The summed E-state index contributed by atoms with van der Waals surface area (Å²) < 4.78 is 5.43. The second-order valence-corrected chi connectivity index (χ2v) is 7.35. The molecule has 0 radical (unpaired) electrons. The normalized spacial score (nSPS) is 14.1. The molecule has 0 saturated heterocycles. The van der Waals surface area contributed by atoms with Crippen molar-refractivity contribution < 1.29 is 9.32 Å². The number of amides is 1. The third-order valence-electron chi connectivity index (χ3n) is 4.07. The van der Waals surface area contributed by atoms with Crippen molar-refractivity contribution in [1.82, 2.24) is 10.1 Å². The van der Waals surface area contributed by atoms with E-state index in [1.54, 1.807) is 11.3 Å². The molecule has 1 N–H and O–H groups in total. The van der Waals surface area contributed by atoms with Crippen LogP contribution in [0.4, 0.5) is 5.69 Å². The second kappa shape index (κ2) is 6.20. The maximum Gasteiger partial charge on any atom is 0.257 e. The van der Waals surface area contributed by atoms with Crippen molar-refractivity contribution >= 4 is 22.9 Å². The summed E-state index contributed by atoms with van der Waals surface area (Å²) in [5.74, 6) is 1.29. The second-order valence-electron chi connectivity index (χ2n) is 5.98. The molecule has 0 fully saturated rings. The first-order valence-corrected chi connectivity index (χ1v) is 8.80. The van der Waals surface area contributed by atoms with Gasteiger partial charge in [-0.3, -0.25) is 4.79 Å². The molecule has 1 amide bonds. The zero-order chi connectivity index (χ0) is 16.5. The number of aromatic nitrogens is 2. The average molecular weight is 339 g/mol. The van der Waals surface area contributed by atoms with E-state index < -0.39 is 0 Å². The fourth-order valence-corrected chi connectivity index (χ4v) is 3.77. The Kier molecular flexibility index (Phi) is 3.90. The van der Waals surface area contributed by atoms with Gasteiger partial charge in [-0.1, -0.05) is 5.16 Å². The van der Waals surface area contributed by atoms with Crippen LogP contribution in [0.2, 0.25) is 0 Å². The number of nitrogens with zero attached hydrogens (tertiary/aromatic N) is 2. The first kappa shape index (κ1) is 15.1. The Morgan fingerprint density at radius 1 is 1.25 bits per heavy atom. The Morgan fingerprint density at radius 3 is 3.00 bits per heavy atom. The van der Waals surface area contributed by atoms with Crippen molar-refractivity contribution in [3.05, 3.63) is 51.5 Å². The number of anilines is 1. The minimum atomic E-state index is 0.0767. The van der Waals surface area contributed by atoms with Gasteiger partial charge in [0, 0.05) is 33.8 Å². The molecule has 24 heavy (non-hydrogen) atoms. The van der Waals surface area contributed by atoms with Gasteiger partial charge in [0.05, 0.1) is 0 Å². The Bertz CT molecular complexity index is 897. The van der Waals surface area contributed by atoms with Gasteiger partial charge in [-0.2, -0.15) is 4.98 Å². The van der Waals surface area contributed by atoms with Crippen LogP contribution in [0.1, 0.15) is 34.0 Å². The van der Waals surface area contributed by atoms with Crippen LogP contribution in [-0.2, 0) is 17.6 Å². The van der Waals surface area contributed by atoms with E-state index >= 15 is 0 Å². The number of benzene rings is 1. The predicted octanol–water partition coefficient (Wildman–Crippen LogP) is 3.97. The molecule has 0 bridgehead atoms. The first-order chi connectivity index (χ1) is 11.7. The van der Waals surface area contributed by atoms with Crippen molar-refractivity contribution in [3.63, 3.8) is 0 Å². The van der Waals surface area contributed by atoms with Gasteiger partial charge >= 0.3 is 0 Å². The Morgan fingerprint density at radius 2 is 2.17 bits per heavy atom. The molecule has 4 rings (SSSR count). The quantitative estimate of drug-likeness (QED) is 0.784. The number of hydrogen-bond donors (Lipinski definition) is 1. The summed E-state index contributed by atoms with van der Waals surface area (Å²) in [5.41, 5.74) is 2.90. The highest BCUT2D eigenvalue weighted by atomic mass is 32.1. The van der Waals surface area contributed by atoms with E-state index in [1.807, 2.05) is 18.2 Å². The SMILES string of the molecule is Cc1ccc(Cc2noc(-c3ccc4c(c3)CCCC(=O)N4)n2)s1. The average Bonchev–Trinajstić information content (AvgIpc) is 3.13. The minimum absolute atomic E-state index is 0.0767. The molecule has 6 heteroatoms. The van der Waals surface area contributed by atoms with E-state index in [9.17, 15) is 4.79 Å². The number of fused-ring (bicyclic) bond motifs is 1. The van der Waals surface area contributed by atoms with Gasteiger partial charge in [0.1, 0.15) is 0 Å². The predicted molar refractivity (Wildman–Crippen MR) is 93.2 cm³/mol. The van der Waals surface area contributed by atoms with Gasteiger partial charge in [-0.25, -0.2) is 0 Å². The molecule has 0 atom stereocenters. The van der Waals surface area contributed by atoms with Crippen molar-refractivity contribution in [3.8, 4) is 11.5 Å². The minimum Gasteiger partial charge on any atom is -0.334 e. The number of hydrogen-bond acceptors (Lipinski definition) is 5. The van der Waals surface area contributed by atoms with E-state index in [4.69, 9.17) is 4.52 Å². The molecule has 0 saturated carbocycles. The molecule has 5 nitrogen and oxygen atoms in total. The summed E-state index contributed by atoms with van der Waals surface area (Å²) in [6.45, 7) is 2.09. The molecule has 0 unspecified atom stereocenters. The van der Waals surface area contributed by atoms with Crippen LogP contribution in [0.5, 0.6) is 0 Å². The maximum absolute atomic E-state index is 11.6. The fraction of sp³-hybridized carbons (Fsp3) is 0.278. The largest absolute Gasteiger partial charge is 0.334 e. The maximum atomic E-state index is 11.6. The molecule has 0 aliphatic carbocycles. The number of carbonyl (C=O) groups excluding carboxylic acids is 1. The molecule has 1 aliphatic heterocycles. The van der Waals surface area contributed by atoms with Gasteiger partial charge in [-0.15, -0.1) is 11.3 Å². The molecule has 2 aromatic heterocycles. The van der Waals surface area contributed by atoms with Crippen LogP contribution < -0.4 is 5.32 Å². The van der Waals surface area contributed by atoms with E-state index in [0.717, 1.165) is 29.7 Å². The Labute approximate surface area is 143 Å². The molecular weight excluding hydrogens is 322 g/mol. The van der Waals surface area contributed by atoms with Gasteiger partial charge in [0.15, 0.2) is 5.82 Å². The molecule has 1 aromatic carbocycles. The van der Waals surface area contributed by atoms with Crippen molar-refractivity contribution in [2.45, 2.75) is 32.6 Å². The Hall–Kier alpha value is -2.47. The monoisotopic (exact) mass is 339 g/mol. The summed E-state index contributed by atoms with van der Waals surface area (Å²) in [4.78, 5) is 18.6. The summed E-state index contributed by atoms with van der Waals surface area (Å²) in [5, 5.41) is 7.03. The third kappa shape index (κ3) is 3.10. The van der Waals surface area contributed by atoms with Crippen molar-refractivity contribution in [2.75, 3.05) is 5.32 Å². The highest BCUT2D eigenvalue weighted by Crippen LogP contribution is 2.28. The van der Waals surface area contributed by atoms with E-state index in [2.05, 4.69) is 34.5 Å². The summed E-state index contributed by atoms with van der Waals surface area (Å²) in [7, 11) is 0. The molecule has 0 spiro atoms. The highest BCUT2D eigenvalue weighted by Gasteiger charge is 2.16. The number of rotatable bonds is 3. The fourth-order valence-electron chi connectivity index (χ4n) is 2.89. The summed E-state index contributed by atoms with van der Waals surface area (Å²) in [6, 6.07) is 10.1. The van der Waals surface area contributed by atoms with Crippen molar-refractivity contribution in [1.29, 1.82) is 0 Å². The van der Waals surface area contributed by atoms with Crippen LogP contribution in [0.25, 0.3) is 11.5 Å².